The lowest BCUT2D eigenvalue weighted by atomic mass is 9.99. The third-order valence-corrected chi connectivity index (χ3v) is 6.26. The molecule has 3 nitrogen and oxygen atoms in total. The molecular weight excluding hydrogens is 378 g/mol. The normalized spacial score (nSPS) is 16.3. The van der Waals surface area contributed by atoms with E-state index in [0.29, 0.717) is 6.04 Å². The first-order chi connectivity index (χ1) is 15.3. The van der Waals surface area contributed by atoms with Crippen LogP contribution in [0.5, 0.6) is 0 Å². The molecule has 0 spiro atoms. The highest BCUT2D eigenvalue weighted by atomic mass is 15.3. The van der Waals surface area contributed by atoms with E-state index in [-0.39, 0.29) is 0 Å². The average molecular weight is 414 g/mol. The van der Waals surface area contributed by atoms with Gasteiger partial charge in [-0.3, -0.25) is 9.80 Å². The Labute approximate surface area is 187 Å². The summed E-state index contributed by atoms with van der Waals surface area (Å²) < 4.78 is 0. The van der Waals surface area contributed by atoms with Gasteiger partial charge in [0.2, 0.25) is 0 Å². The molecule has 1 fully saturated rings. The van der Waals surface area contributed by atoms with Gasteiger partial charge >= 0.3 is 0 Å². The van der Waals surface area contributed by atoms with Crippen LogP contribution in [0.2, 0.25) is 0 Å². The Morgan fingerprint density at radius 1 is 0.742 bits per heavy atom. The molecule has 0 amide bonds. The lowest BCUT2D eigenvalue weighted by molar-refractivity contribution is 0.127. The number of rotatable bonds is 9. The van der Waals surface area contributed by atoms with E-state index in [4.69, 9.17) is 0 Å². The van der Waals surface area contributed by atoms with Crippen molar-refractivity contribution >= 4 is 0 Å². The van der Waals surface area contributed by atoms with Crippen LogP contribution >= 0.6 is 0 Å². The largest absolute Gasteiger partial charge is 0.308 e. The second kappa shape index (κ2) is 11.2. The van der Waals surface area contributed by atoms with E-state index in [2.05, 4.69) is 107 Å². The maximum atomic E-state index is 3.83. The molecule has 3 aromatic carbocycles. The molecule has 0 saturated carbocycles. The highest BCUT2D eigenvalue weighted by Crippen LogP contribution is 2.18. The van der Waals surface area contributed by atoms with Crippen LogP contribution in [0.15, 0.2) is 84.9 Å². The van der Waals surface area contributed by atoms with Gasteiger partial charge in [0.25, 0.3) is 0 Å². The second-order valence-corrected chi connectivity index (χ2v) is 8.71. The van der Waals surface area contributed by atoms with Crippen molar-refractivity contribution in [2.24, 2.45) is 0 Å². The molecule has 1 saturated heterocycles. The summed E-state index contributed by atoms with van der Waals surface area (Å²) in [5, 5.41) is 3.83. The van der Waals surface area contributed by atoms with E-state index < -0.39 is 0 Å². The van der Waals surface area contributed by atoms with E-state index in [1.54, 1.807) is 0 Å². The molecule has 162 valence electrons. The Kier molecular flexibility index (Phi) is 7.89. The molecule has 0 bridgehead atoms. The van der Waals surface area contributed by atoms with E-state index in [1.165, 1.54) is 22.3 Å². The van der Waals surface area contributed by atoms with Crippen molar-refractivity contribution in [3.8, 4) is 0 Å². The monoisotopic (exact) mass is 413 g/mol. The summed E-state index contributed by atoms with van der Waals surface area (Å²) in [5.41, 5.74) is 5.54. The van der Waals surface area contributed by atoms with Crippen LogP contribution in [-0.4, -0.2) is 49.1 Å². The number of piperazine rings is 1. The van der Waals surface area contributed by atoms with Crippen molar-refractivity contribution in [2.45, 2.75) is 25.9 Å². The molecule has 1 N–H and O–H groups in total. The summed E-state index contributed by atoms with van der Waals surface area (Å²) in [6.45, 7) is 9.99. The molecule has 3 heteroatoms. The van der Waals surface area contributed by atoms with Crippen LogP contribution in [0.25, 0.3) is 0 Å². The van der Waals surface area contributed by atoms with Gasteiger partial charge in [-0.1, -0.05) is 90.5 Å². The van der Waals surface area contributed by atoms with Crippen molar-refractivity contribution in [1.29, 1.82) is 0 Å². The minimum absolute atomic E-state index is 0.353. The topological polar surface area (TPSA) is 18.5 Å². The molecule has 1 heterocycles. The van der Waals surface area contributed by atoms with Gasteiger partial charge in [-0.05, 0) is 30.0 Å². The third kappa shape index (κ3) is 6.76. The zero-order chi connectivity index (χ0) is 21.3. The summed E-state index contributed by atoms with van der Waals surface area (Å²) in [6, 6.07) is 30.9. The van der Waals surface area contributed by atoms with Gasteiger partial charge in [0.05, 0.1) is 0 Å². The molecule has 3 aromatic rings. The fourth-order valence-corrected chi connectivity index (χ4v) is 4.48. The number of aryl methyl sites for hydroxylation is 1. The molecule has 1 aliphatic rings. The van der Waals surface area contributed by atoms with Gasteiger partial charge in [-0.25, -0.2) is 0 Å². The fraction of sp³-hybridized carbons (Fsp3) is 0.357. The molecular formula is C28H35N3. The molecule has 4 rings (SSSR count). The number of benzene rings is 3. The minimum Gasteiger partial charge on any atom is -0.308 e. The molecule has 1 unspecified atom stereocenters. The Morgan fingerprint density at radius 3 is 2.10 bits per heavy atom. The van der Waals surface area contributed by atoms with Gasteiger partial charge in [0.1, 0.15) is 0 Å². The highest BCUT2D eigenvalue weighted by molar-refractivity contribution is 5.24. The maximum absolute atomic E-state index is 3.83. The van der Waals surface area contributed by atoms with Crippen molar-refractivity contribution in [3.63, 3.8) is 0 Å². The fourth-order valence-electron chi connectivity index (χ4n) is 4.48. The molecule has 31 heavy (non-hydrogen) atoms. The Bertz CT molecular complexity index is 902. The Hall–Kier alpha value is -2.46. The summed E-state index contributed by atoms with van der Waals surface area (Å²) in [4.78, 5) is 5.19. The standard InChI is InChI=1S/C28H35N3/c1-24-9-8-12-26(21-24)23-31-19-17-30(18-20-31)16-15-29-28(27-13-6-3-7-14-27)22-25-10-4-2-5-11-25/h2-14,21,28-29H,15-20,22-23H2,1H3. The third-order valence-electron chi connectivity index (χ3n) is 6.26. The van der Waals surface area contributed by atoms with Gasteiger partial charge < -0.3 is 5.32 Å². The number of nitrogens with zero attached hydrogens (tertiary/aromatic N) is 2. The number of nitrogens with one attached hydrogen (secondary N) is 1. The SMILES string of the molecule is Cc1cccc(CN2CCN(CCNC(Cc3ccccc3)c3ccccc3)CC2)c1. The number of hydrogen-bond acceptors (Lipinski definition) is 3. The van der Waals surface area contributed by atoms with Crippen molar-refractivity contribution in [2.75, 3.05) is 39.3 Å². The minimum atomic E-state index is 0.353. The highest BCUT2D eigenvalue weighted by Gasteiger charge is 2.18. The Balaban J connectivity index is 1.24. The average Bonchev–Trinajstić information content (AvgIpc) is 2.81. The van der Waals surface area contributed by atoms with Gasteiger partial charge in [-0.2, -0.15) is 0 Å². The van der Waals surface area contributed by atoms with E-state index in [0.717, 1.165) is 52.2 Å². The van der Waals surface area contributed by atoms with Crippen LogP contribution in [0.4, 0.5) is 0 Å². The van der Waals surface area contributed by atoms with E-state index in [9.17, 15) is 0 Å². The molecule has 0 radical (unpaired) electrons. The van der Waals surface area contributed by atoms with Crippen LogP contribution in [-0.2, 0) is 13.0 Å². The van der Waals surface area contributed by atoms with Gasteiger partial charge in [0.15, 0.2) is 0 Å². The predicted molar refractivity (Wildman–Crippen MR) is 130 cm³/mol. The van der Waals surface area contributed by atoms with E-state index >= 15 is 0 Å². The van der Waals surface area contributed by atoms with Gasteiger partial charge in [-0.15, -0.1) is 0 Å². The zero-order valence-electron chi connectivity index (χ0n) is 18.7. The van der Waals surface area contributed by atoms with Crippen LogP contribution in [0, 0.1) is 6.92 Å². The van der Waals surface area contributed by atoms with Crippen molar-refractivity contribution < 1.29 is 0 Å². The Morgan fingerprint density at radius 2 is 1.39 bits per heavy atom. The maximum Gasteiger partial charge on any atom is 0.0361 e. The lowest BCUT2D eigenvalue weighted by Gasteiger charge is -2.35. The van der Waals surface area contributed by atoms with Crippen LogP contribution in [0.1, 0.15) is 28.3 Å². The summed E-state index contributed by atoms with van der Waals surface area (Å²) in [5.74, 6) is 0. The first-order valence-electron chi connectivity index (χ1n) is 11.6. The molecule has 0 aromatic heterocycles. The second-order valence-electron chi connectivity index (χ2n) is 8.71. The van der Waals surface area contributed by atoms with Crippen molar-refractivity contribution in [1.82, 2.24) is 15.1 Å². The summed E-state index contributed by atoms with van der Waals surface area (Å²) in [7, 11) is 0. The molecule has 0 aliphatic carbocycles. The first kappa shape index (κ1) is 21.8. The lowest BCUT2D eigenvalue weighted by Crippen LogP contribution is -2.47. The quantitative estimate of drug-likeness (QED) is 0.549. The first-order valence-corrected chi connectivity index (χ1v) is 11.6. The number of hydrogen-bond donors (Lipinski definition) is 1. The summed E-state index contributed by atoms with van der Waals surface area (Å²) >= 11 is 0. The molecule has 1 aliphatic heterocycles. The van der Waals surface area contributed by atoms with E-state index in [1.807, 2.05) is 0 Å². The smallest absolute Gasteiger partial charge is 0.0361 e. The predicted octanol–water partition coefficient (Wildman–Crippen LogP) is 4.69. The van der Waals surface area contributed by atoms with Crippen molar-refractivity contribution in [3.05, 3.63) is 107 Å². The van der Waals surface area contributed by atoms with Gasteiger partial charge in [0, 0.05) is 51.9 Å². The zero-order valence-corrected chi connectivity index (χ0v) is 18.7. The van der Waals surface area contributed by atoms with Crippen LogP contribution < -0.4 is 5.32 Å². The molecule has 1 atom stereocenters. The summed E-state index contributed by atoms with van der Waals surface area (Å²) in [6.07, 6.45) is 1.02. The van der Waals surface area contributed by atoms with Crippen LogP contribution in [0.3, 0.4) is 0 Å².